The van der Waals surface area contributed by atoms with Gasteiger partial charge in [-0.15, -0.1) is 0 Å². The van der Waals surface area contributed by atoms with Crippen molar-refractivity contribution in [2.24, 2.45) is 5.73 Å². The van der Waals surface area contributed by atoms with Crippen molar-refractivity contribution in [3.63, 3.8) is 0 Å². The molecule has 42 heavy (non-hydrogen) atoms. The van der Waals surface area contributed by atoms with Gasteiger partial charge in [-0.1, -0.05) is 54.6 Å². The van der Waals surface area contributed by atoms with Crippen molar-refractivity contribution in [2.45, 2.75) is 43.4 Å². The Bertz CT molecular complexity index is 1350. The molecule has 0 aliphatic heterocycles. The largest absolute Gasteiger partial charge is 0.508 e. The van der Waals surface area contributed by atoms with E-state index in [1.165, 1.54) is 36.4 Å². The molecule has 0 saturated carbocycles. The van der Waals surface area contributed by atoms with Crippen molar-refractivity contribution in [1.29, 1.82) is 0 Å². The van der Waals surface area contributed by atoms with E-state index in [0.29, 0.717) is 11.1 Å². The second-order valence-corrected chi connectivity index (χ2v) is 10.1. The Morgan fingerprint density at radius 1 is 0.619 bits per heavy atom. The number of thiol groups is 1. The zero-order valence-corrected chi connectivity index (χ0v) is 23.5. The Labute approximate surface area is 248 Å². The van der Waals surface area contributed by atoms with Crippen LogP contribution >= 0.6 is 12.6 Å². The number of aliphatic carboxylic acids is 1. The van der Waals surface area contributed by atoms with Crippen LogP contribution in [0.25, 0.3) is 0 Å². The van der Waals surface area contributed by atoms with Crippen molar-refractivity contribution < 1.29 is 34.5 Å². The first-order chi connectivity index (χ1) is 20.0. The maximum atomic E-state index is 13.3. The van der Waals surface area contributed by atoms with Gasteiger partial charge in [0.05, 0.1) is 6.04 Å². The lowest BCUT2D eigenvalue weighted by Crippen LogP contribution is -2.58. The molecule has 3 aromatic carbocycles. The van der Waals surface area contributed by atoms with Crippen LogP contribution < -0.4 is 21.7 Å². The zero-order chi connectivity index (χ0) is 30.6. The molecule has 0 aliphatic carbocycles. The molecule has 3 amide bonds. The number of aromatic hydroxyl groups is 2. The monoisotopic (exact) mass is 594 g/mol. The highest BCUT2D eigenvalue weighted by Crippen LogP contribution is 2.14. The highest BCUT2D eigenvalue weighted by atomic mass is 32.1. The van der Waals surface area contributed by atoms with Gasteiger partial charge in [-0.3, -0.25) is 14.4 Å². The maximum absolute atomic E-state index is 13.3. The summed E-state index contributed by atoms with van der Waals surface area (Å²) in [6.07, 6.45) is 0.136. The minimum atomic E-state index is -1.34. The third-order valence-corrected chi connectivity index (χ3v) is 6.82. The molecule has 0 bridgehead atoms. The van der Waals surface area contributed by atoms with Gasteiger partial charge in [-0.2, -0.15) is 12.6 Å². The molecule has 8 N–H and O–H groups in total. The van der Waals surface area contributed by atoms with Crippen LogP contribution in [-0.2, 0) is 38.4 Å². The first kappa shape index (κ1) is 32.0. The van der Waals surface area contributed by atoms with Crippen LogP contribution in [0.4, 0.5) is 0 Å². The molecule has 3 aromatic rings. The molecule has 11 nitrogen and oxygen atoms in total. The van der Waals surface area contributed by atoms with Gasteiger partial charge in [0.15, 0.2) is 0 Å². The highest BCUT2D eigenvalue weighted by molar-refractivity contribution is 7.80. The third-order valence-electron chi connectivity index (χ3n) is 6.45. The minimum Gasteiger partial charge on any atom is -0.508 e. The number of benzene rings is 3. The second kappa shape index (κ2) is 15.5. The van der Waals surface area contributed by atoms with Crippen molar-refractivity contribution in [1.82, 2.24) is 16.0 Å². The molecule has 0 spiro atoms. The summed E-state index contributed by atoms with van der Waals surface area (Å²) in [5.41, 5.74) is 8.03. The summed E-state index contributed by atoms with van der Waals surface area (Å²) < 4.78 is 0. The lowest BCUT2D eigenvalue weighted by Gasteiger charge is -2.25. The minimum absolute atomic E-state index is 0.00770. The van der Waals surface area contributed by atoms with E-state index in [1.807, 2.05) is 30.3 Å². The molecule has 0 radical (unpaired) electrons. The number of carbonyl (C=O) groups excluding carboxylic acids is 3. The maximum Gasteiger partial charge on any atom is 0.326 e. The fourth-order valence-electron chi connectivity index (χ4n) is 4.12. The Morgan fingerprint density at radius 3 is 1.55 bits per heavy atom. The normalized spacial score (nSPS) is 13.7. The lowest BCUT2D eigenvalue weighted by atomic mass is 10.0. The quantitative estimate of drug-likeness (QED) is 0.126. The van der Waals surface area contributed by atoms with E-state index in [9.17, 15) is 34.5 Å². The van der Waals surface area contributed by atoms with E-state index in [4.69, 9.17) is 5.73 Å². The Hall–Kier alpha value is -4.55. The number of nitrogens with two attached hydrogens (primary N) is 1. The number of phenolic OH excluding ortho intramolecular Hbond substituents is 2. The van der Waals surface area contributed by atoms with Crippen LogP contribution in [0, 0.1) is 0 Å². The molecule has 4 unspecified atom stereocenters. The molecule has 12 heteroatoms. The van der Waals surface area contributed by atoms with E-state index < -0.39 is 47.9 Å². The number of rotatable bonds is 14. The summed E-state index contributed by atoms with van der Waals surface area (Å²) in [6, 6.07) is 16.3. The molecule has 222 valence electrons. The van der Waals surface area contributed by atoms with Gasteiger partial charge in [-0.25, -0.2) is 4.79 Å². The Kier molecular flexibility index (Phi) is 11.8. The van der Waals surface area contributed by atoms with E-state index in [2.05, 4.69) is 28.6 Å². The lowest BCUT2D eigenvalue weighted by molar-refractivity contribution is -0.142. The fourth-order valence-corrected chi connectivity index (χ4v) is 4.38. The molecule has 4 atom stereocenters. The summed E-state index contributed by atoms with van der Waals surface area (Å²) in [4.78, 5) is 51.3. The molecule has 0 aliphatic rings. The number of phenols is 2. The number of nitrogens with one attached hydrogen (secondary N) is 3. The fraction of sp³-hybridized carbons (Fsp3) is 0.267. The molecule has 0 heterocycles. The molecule has 3 rings (SSSR count). The van der Waals surface area contributed by atoms with Gasteiger partial charge < -0.3 is 37.0 Å². The molecule has 0 saturated heterocycles. The number of hydrogen-bond acceptors (Lipinski definition) is 8. The first-order valence-electron chi connectivity index (χ1n) is 13.2. The van der Waals surface area contributed by atoms with Gasteiger partial charge >= 0.3 is 5.97 Å². The van der Waals surface area contributed by atoms with Crippen molar-refractivity contribution in [3.8, 4) is 11.5 Å². The molecular weight excluding hydrogens is 560 g/mol. The van der Waals surface area contributed by atoms with Crippen molar-refractivity contribution >= 4 is 36.3 Å². The molecular formula is C30H34N4O7S. The molecule has 0 aromatic heterocycles. The topological polar surface area (TPSA) is 191 Å². The Balaban J connectivity index is 1.73. The third kappa shape index (κ3) is 9.82. The predicted octanol–water partition coefficient (Wildman–Crippen LogP) is 0.922. The first-order valence-corrected chi connectivity index (χ1v) is 13.8. The number of carboxylic acid groups (broad SMARTS) is 1. The summed E-state index contributed by atoms with van der Waals surface area (Å²) in [7, 11) is 0. The number of carbonyl (C=O) groups is 4. The summed E-state index contributed by atoms with van der Waals surface area (Å²) in [6.45, 7) is 0. The van der Waals surface area contributed by atoms with Crippen LogP contribution in [0.15, 0.2) is 78.9 Å². The average molecular weight is 595 g/mol. The van der Waals surface area contributed by atoms with E-state index in [-0.39, 0.29) is 36.5 Å². The van der Waals surface area contributed by atoms with Crippen LogP contribution in [0.2, 0.25) is 0 Å². The van der Waals surface area contributed by atoms with Crippen molar-refractivity contribution in [3.05, 3.63) is 95.6 Å². The number of carboxylic acids is 1. The van der Waals surface area contributed by atoms with Gasteiger partial charge in [-0.05, 0) is 47.4 Å². The van der Waals surface area contributed by atoms with Gasteiger partial charge in [0, 0.05) is 18.6 Å². The van der Waals surface area contributed by atoms with Gasteiger partial charge in [0.1, 0.15) is 29.6 Å². The van der Waals surface area contributed by atoms with E-state index >= 15 is 0 Å². The molecule has 0 fully saturated rings. The van der Waals surface area contributed by atoms with Crippen LogP contribution in [0.3, 0.4) is 0 Å². The predicted molar refractivity (Wildman–Crippen MR) is 159 cm³/mol. The summed E-state index contributed by atoms with van der Waals surface area (Å²) >= 11 is 4.19. The van der Waals surface area contributed by atoms with E-state index in [0.717, 1.165) is 5.56 Å². The number of hydrogen-bond donors (Lipinski definition) is 8. The average Bonchev–Trinajstić information content (AvgIpc) is 2.97. The number of amides is 3. The van der Waals surface area contributed by atoms with E-state index in [1.54, 1.807) is 12.1 Å². The SMILES string of the molecule is NC(Cc1ccccc1)C(=O)NC(CS)C(=O)NC(Cc1ccc(O)cc1)C(=O)NC(Cc1ccc(O)cc1)C(=O)O. The smallest absolute Gasteiger partial charge is 0.326 e. The van der Waals surface area contributed by atoms with Crippen LogP contribution in [0.5, 0.6) is 11.5 Å². The van der Waals surface area contributed by atoms with Gasteiger partial charge in [0.25, 0.3) is 0 Å². The Morgan fingerprint density at radius 2 is 1.05 bits per heavy atom. The zero-order valence-electron chi connectivity index (χ0n) is 22.6. The standard InChI is InChI=1S/C30H34N4O7S/c31-23(14-18-4-2-1-3-5-18)27(37)34-26(17-42)29(39)32-24(15-19-6-10-21(35)11-7-19)28(38)33-25(30(40)41)16-20-8-12-22(36)13-9-20/h1-13,23-26,35-36,42H,14-17,31H2,(H,32,39)(H,33,38)(H,34,37)(H,40,41). The van der Waals surface area contributed by atoms with Crippen LogP contribution in [-0.4, -0.2) is 68.9 Å². The highest BCUT2D eigenvalue weighted by Gasteiger charge is 2.30. The van der Waals surface area contributed by atoms with Crippen molar-refractivity contribution in [2.75, 3.05) is 5.75 Å². The summed E-state index contributed by atoms with van der Waals surface area (Å²) in [5, 5.41) is 36.5. The van der Waals surface area contributed by atoms with Crippen LogP contribution in [0.1, 0.15) is 16.7 Å². The van der Waals surface area contributed by atoms with Gasteiger partial charge in [0.2, 0.25) is 17.7 Å². The second-order valence-electron chi connectivity index (χ2n) is 9.74. The summed E-state index contributed by atoms with van der Waals surface area (Å²) in [5.74, 6) is -3.43.